The summed E-state index contributed by atoms with van der Waals surface area (Å²) in [6.45, 7) is 1.84. The number of piperidine rings is 1. The molecular weight excluding hydrogens is 619 g/mol. The number of aryl methyl sites for hydroxylation is 1. The summed E-state index contributed by atoms with van der Waals surface area (Å²) in [6, 6.07) is 18.3. The normalized spacial score (nSPS) is 18.0. The highest BCUT2D eigenvalue weighted by atomic mass is 19.1. The summed E-state index contributed by atoms with van der Waals surface area (Å²) in [5.74, 6) is -0.583. The maximum atomic E-state index is 14.8. The Morgan fingerprint density at radius 3 is 2.62 bits per heavy atom. The van der Waals surface area contributed by atoms with Gasteiger partial charge in [0.15, 0.2) is 12.0 Å². The lowest BCUT2D eigenvalue weighted by Gasteiger charge is -2.39. The summed E-state index contributed by atoms with van der Waals surface area (Å²) in [4.78, 5) is 54.1. The standard InChI is InChI=1S/C36H35FN4O7/c1-21-11-26(42)17-31(40(21)2)36(45)41-10-9-33-30(19-41)39-35(44)24-7-8-32(46-3)29(15-24)23-5-4-6-27(14-23)47-20-34(43)38-18-22-12-25(37)16-28(13-22)48-33/h4-8,11-17,30,33H,9-10,18-20H2,1-3H3,(H,38,43)(H,39,44)/t30-,33-/m1/s1. The first-order valence-electron chi connectivity index (χ1n) is 15.5. The van der Waals surface area contributed by atoms with E-state index in [1.807, 2.05) is 6.07 Å². The number of hydrogen-bond acceptors (Lipinski definition) is 7. The third kappa shape index (κ3) is 7.02. The van der Waals surface area contributed by atoms with Crippen LogP contribution in [0.5, 0.6) is 17.2 Å². The number of likely N-dealkylation sites (tertiary alicyclic amines) is 1. The summed E-state index contributed by atoms with van der Waals surface area (Å²) >= 11 is 0. The summed E-state index contributed by atoms with van der Waals surface area (Å²) in [6.07, 6.45) is -0.342. The average molecular weight is 655 g/mol. The predicted octanol–water partition coefficient (Wildman–Crippen LogP) is 3.61. The molecule has 1 fully saturated rings. The molecule has 2 N–H and O–H groups in total. The Labute approximate surface area is 276 Å². The van der Waals surface area contributed by atoms with Crippen molar-refractivity contribution in [2.24, 2.45) is 7.05 Å². The van der Waals surface area contributed by atoms with Crippen molar-refractivity contribution in [1.29, 1.82) is 0 Å². The third-order valence-electron chi connectivity index (χ3n) is 8.58. The predicted molar refractivity (Wildman–Crippen MR) is 175 cm³/mol. The summed E-state index contributed by atoms with van der Waals surface area (Å²) in [7, 11) is 3.24. The SMILES string of the molecule is COc1ccc2cc1-c1cccc(c1)OCC(=O)NCc1cc(F)cc(c1)O[C@@H]1CCN(C(=O)c3cc(=O)cc(C)n3C)C[C@H]1NC2=O. The molecule has 6 rings (SSSR count). The van der Waals surface area contributed by atoms with E-state index in [4.69, 9.17) is 14.2 Å². The van der Waals surface area contributed by atoms with E-state index in [-0.39, 0.29) is 49.0 Å². The number of rotatable bonds is 2. The van der Waals surface area contributed by atoms with E-state index < -0.39 is 29.8 Å². The Morgan fingerprint density at radius 2 is 1.81 bits per heavy atom. The fourth-order valence-corrected chi connectivity index (χ4v) is 5.97. The monoisotopic (exact) mass is 654 g/mol. The van der Waals surface area contributed by atoms with Gasteiger partial charge in [-0.25, -0.2) is 4.39 Å². The fraction of sp³-hybridized carbons (Fsp3) is 0.278. The van der Waals surface area contributed by atoms with Crippen molar-refractivity contribution in [3.8, 4) is 28.4 Å². The minimum absolute atomic E-state index is 0.0295. The zero-order valence-corrected chi connectivity index (χ0v) is 26.7. The lowest BCUT2D eigenvalue weighted by atomic mass is 9.99. The van der Waals surface area contributed by atoms with Crippen molar-refractivity contribution in [3.63, 3.8) is 0 Å². The molecule has 0 aliphatic carbocycles. The van der Waals surface area contributed by atoms with E-state index in [0.717, 1.165) is 0 Å². The number of pyridine rings is 1. The molecule has 6 bridgehead atoms. The number of benzene rings is 3. The molecule has 11 nitrogen and oxygen atoms in total. The summed E-state index contributed by atoms with van der Waals surface area (Å²) in [5, 5.41) is 5.79. The molecule has 0 spiro atoms. The van der Waals surface area contributed by atoms with Gasteiger partial charge >= 0.3 is 0 Å². The Morgan fingerprint density at radius 1 is 0.979 bits per heavy atom. The second-order valence-electron chi connectivity index (χ2n) is 11.9. The molecule has 0 radical (unpaired) electrons. The highest BCUT2D eigenvalue weighted by Gasteiger charge is 2.35. The van der Waals surface area contributed by atoms with Gasteiger partial charge in [0.05, 0.1) is 13.2 Å². The van der Waals surface area contributed by atoms with Crippen molar-refractivity contribution >= 4 is 17.7 Å². The number of nitrogens with one attached hydrogen (secondary N) is 2. The van der Waals surface area contributed by atoms with Crippen LogP contribution in [-0.4, -0.2) is 66.1 Å². The first kappa shape index (κ1) is 32.3. The Kier molecular flexibility index (Phi) is 9.15. The van der Waals surface area contributed by atoms with Gasteiger partial charge in [-0.15, -0.1) is 0 Å². The number of halogens is 1. The topological polar surface area (TPSA) is 128 Å². The van der Waals surface area contributed by atoms with Crippen LogP contribution in [0, 0.1) is 12.7 Å². The highest BCUT2D eigenvalue weighted by Crippen LogP contribution is 2.33. The summed E-state index contributed by atoms with van der Waals surface area (Å²) in [5.41, 5.74) is 2.69. The number of nitrogens with zero attached hydrogens (tertiary/aromatic N) is 2. The molecule has 12 heteroatoms. The first-order chi connectivity index (χ1) is 23.1. The van der Waals surface area contributed by atoms with Crippen LogP contribution in [-0.2, 0) is 18.4 Å². The molecule has 0 unspecified atom stereocenters. The smallest absolute Gasteiger partial charge is 0.270 e. The van der Waals surface area contributed by atoms with Crippen molar-refractivity contribution in [1.82, 2.24) is 20.1 Å². The maximum Gasteiger partial charge on any atom is 0.270 e. The van der Waals surface area contributed by atoms with E-state index >= 15 is 0 Å². The van der Waals surface area contributed by atoms with Gasteiger partial charge in [0.2, 0.25) is 0 Å². The van der Waals surface area contributed by atoms with E-state index in [1.54, 1.807) is 65.9 Å². The fourth-order valence-electron chi connectivity index (χ4n) is 5.97. The van der Waals surface area contributed by atoms with Crippen LogP contribution in [0.2, 0.25) is 0 Å². The number of carbonyl (C=O) groups excluding carboxylic acids is 3. The number of aromatic nitrogens is 1. The number of carbonyl (C=O) groups is 3. The molecule has 2 aliphatic rings. The van der Waals surface area contributed by atoms with Crippen LogP contribution in [0.15, 0.2) is 77.6 Å². The molecule has 2 atom stereocenters. The lowest BCUT2D eigenvalue weighted by molar-refractivity contribution is -0.123. The first-order valence-corrected chi connectivity index (χ1v) is 15.5. The Hall–Kier alpha value is -5.65. The number of methoxy groups -OCH3 is 1. The van der Waals surface area contributed by atoms with Gasteiger partial charge in [-0.2, -0.15) is 0 Å². The van der Waals surface area contributed by atoms with Gasteiger partial charge in [0, 0.05) is 68.1 Å². The lowest BCUT2D eigenvalue weighted by Crippen LogP contribution is -2.58. The van der Waals surface area contributed by atoms with Gasteiger partial charge in [-0.3, -0.25) is 19.2 Å². The zero-order chi connectivity index (χ0) is 33.9. The van der Waals surface area contributed by atoms with Crippen molar-refractivity contribution in [3.05, 3.63) is 111 Å². The second kappa shape index (κ2) is 13.6. The molecule has 3 amide bonds. The van der Waals surface area contributed by atoms with Crippen LogP contribution in [0.3, 0.4) is 0 Å². The van der Waals surface area contributed by atoms with Crippen LogP contribution < -0.4 is 30.3 Å². The second-order valence-corrected chi connectivity index (χ2v) is 11.9. The molecule has 248 valence electrons. The molecule has 3 aromatic carbocycles. The zero-order valence-electron chi connectivity index (χ0n) is 26.7. The average Bonchev–Trinajstić information content (AvgIpc) is 3.07. The molecule has 4 aromatic rings. The van der Waals surface area contributed by atoms with E-state index in [0.29, 0.717) is 45.9 Å². The van der Waals surface area contributed by atoms with Gasteiger partial charge in [0.25, 0.3) is 17.7 Å². The maximum absolute atomic E-state index is 14.8. The van der Waals surface area contributed by atoms with Gasteiger partial charge < -0.3 is 34.3 Å². The molecule has 1 aromatic heterocycles. The minimum Gasteiger partial charge on any atom is -0.496 e. The number of ether oxygens (including phenoxy) is 3. The van der Waals surface area contributed by atoms with Gasteiger partial charge in [-0.1, -0.05) is 12.1 Å². The molecule has 0 saturated carbocycles. The van der Waals surface area contributed by atoms with Gasteiger partial charge in [-0.05, 0) is 60.5 Å². The van der Waals surface area contributed by atoms with Crippen molar-refractivity contribution in [2.75, 3.05) is 26.8 Å². The third-order valence-corrected chi connectivity index (χ3v) is 8.58. The van der Waals surface area contributed by atoms with Crippen LogP contribution >= 0.6 is 0 Å². The number of fused-ring (bicyclic) bond motifs is 8. The molecule has 3 heterocycles. The van der Waals surface area contributed by atoms with E-state index in [9.17, 15) is 23.6 Å². The number of amides is 3. The van der Waals surface area contributed by atoms with Crippen molar-refractivity contribution < 1.29 is 33.0 Å². The quantitative estimate of drug-likeness (QED) is 0.338. The number of hydrogen-bond donors (Lipinski definition) is 2. The molecular formula is C36H35FN4O7. The minimum atomic E-state index is -0.715. The largest absolute Gasteiger partial charge is 0.496 e. The van der Waals surface area contributed by atoms with Crippen LogP contribution in [0.1, 0.15) is 38.5 Å². The van der Waals surface area contributed by atoms with Gasteiger partial charge in [0.1, 0.15) is 34.9 Å². The Bertz CT molecular complexity index is 1960. The van der Waals surface area contributed by atoms with E-state index in [2.05, 4.69) is 10.6 Å². The van der Waals surface area contributed by atoms with Crippen LogP contribution in [0.4, 0.5) is 4.39 Å². The Balaban J connectivity index is 1.38. The summed E-state index contributed by atoms with van der Waals surface area (Å²) < 4.78 is 34.0. The van der Waals surface area contributed by atoms with Crippen LogP contribution in [0.25, 0.3) is 11.1 Å². The van der Waals surface area contributed by atoms with E-state index in [1.165, 1.54) is 31.4 Å². The molecule has 1 saturated heterocycles. The molecule has 48 heavy (non-hydrogen) atoms. The molecule has 2 aliphatic heterocycles. The highest BCUT2D eigenvalue weighted by molar-refractivity contribution is 5.97. The van der Waals surface area contributed by atoms with Crippen molar-refractivity contribution in [2.45, 2.75) is 32.0 Å².